The lowest BCUT2D eigenvalue weighted by Crippen LogP contribution is -1.96. The van der Waals surface area contributed by atoms with E-state index in [-0.39, 0.29) is 0 Å². The minimum Gasteiger partial charge on any atom is -0.228 e. The van der Waals surface area contributed by atoms with Crippen molar-refractivity contribution in [3.63, 3.8) is 0 Å². The summed E-state index contributed by atoms with van der Waals surface area (Å²) in [7, 11) is 0. The van der Waals surface area contributed by atoms with Gasteiger partial charge in [0.2, 0.25) is 0 Å². The van der Waals surface area contributed by atoms with Crippen molar-refractivity contribution in [3.05, 3.63) is 230 Å². The molecular formula is C61H37N3. The largest absolute Gasteiger partial charge is 0.228 e. The first-order valence-corrected chi connectivity index (χ1v) is 21.6. The Morgan fingerprint density at radius 1 is 0.297 bits per heavy atom. The molecule has 0 unspecified atom stereocenters. The molecule has 0 spiro atoms. The number of rotatable bonds is 7. The molecule has 10 aromatic carbocycles. The van der Waals surface area contributed by atoms with Crippen LogP contribution in [0.2, 0.25) is 0 Å². The average molecular weight is 812 g/mol. The molecule has 1 heterocycles. The van der Waals surface area contributed by atoms with Gasteiger partial charge in [-0.3, -0.25) is 0 Å². The SMILES string of the molecule is N#Cc1cc(-c2cccc(-c3ccc(-c4cc(-c5cccc6ccccc56)nc(-c5ccccc5)n4)cc3)c2)ccc1-c1ccccc1-c1cc2c3c(cccc3c1)-c1ccccc1-2. The molecule has 0 fully saturated rings. The first kappa shape index (κ1) is 37.1. The Morgan fingerprint density at radius 2 is 0.844 bits per heavy atom. The van der Waals surface area contributed by atoms with Gasteiger partial charge in [-0.15, -0.1) is 0 Å². The Labute approximate surface area is 371 Å². The fourth-order valence-corrected chi connectivity index (χ4v) is 9.60. The second-order valence-electron chi connectivity index (χ2n) is 16.4. The summed E-state index contributed by atoms with van der Waals surface area (Å²) < 4.78 is 0. The van der Waals surface area contributed by atoms with E-state index in [0.717, 1.165) is 78.0 Å². The van der Waals surface area contributed by atoms with Crippen molar-refractivity contribution in [2.24, 2.45) is 0 Å². The monoisotopic (exact) mass is 811 g/mol. The maximum Gasteiger partial charge on any atom is 0.160 e. The highest BCUT2D eigenvalue weighted by Crippen LogP contribution is 2.49. The third-order valence-corrected chi connectivity index (χ3v) is 12.7. The van der Waals surface area contributed by atoms with Crippen LogP contribution >= 0.6 is 0 Å². The van der Waals surface area contributed by atoms with Gasteiger partial charge in [-0.2, -0.15) is 5.26 Å². The molecule has 0 amide bonds. The fourth-order valence-electron chi connectivity index (χ4n) is 9.60. The van der Waals surface area contributed by atoms with Gasteiger partial charge in [-0.05, 0) is 113 Å². The molecule has 0 bridgehead atoms. The summed E-state index contributed by atoms with van der Waals surface area (Å²) in [6, 6.07) is 81.5. The number of hydrogen-bond donors (Lipinski definition) is 0. The molecule has 296 valence electrons. The highest BCUT2D eigenvalue weighted by Gasteiger charge is 2.23. The van der Waals surface area contributed by atoms with Crippen molar-refractivity contribution in [1.29, 1.82) is 5.26 Å². The Hall–Kier alpha value is -8.71. The Balaban J connectivity index is 0.874. The molecule has 64 heavy (non-hydrogen) atoms. The van der Waals surface area contributed by atoms with Gasteiger partial charge in [-0.1, -0.05) is 194 Å². The average Bonchev–Trinajstić information content (AvgIpc) is 3.70. The highest BCUT2D eigenvalue weighted by molar-refractivity contribution is 6.16. The van der Waals surface area contributed by atoms with Crippen LogP contribution in [-0.2, 0) is 0 Å². The zero-order chi connectivity index (χ0) is 42.6. The van der Waals surface area contributed by atoms with E-state index < -0.39 is 0 Å². The summed E-state index contributed by atoms with van der Waals surface area (Å²) in [6.45, 7) is 0. The molecule has 0 saturated heterocycles. The van der Waals surface area contributed by atoms with Crippen LogP contribution in [-0.4, -0.2) is 9.97 Å². The molecule has 0 atom stereocenters. The van der Waals surface area contributed by atoms with Gasteiger partial charge in [0.1, 0.15) is 0 Å². The third-order valence-electron chi connectivity index (χ3n) is 12.7. The summed E-state index contributed by atoms with van der Waals surface area (Å²) in [4.78, 5) is 10.2. The van der Waals surface area contributed by atoms with E-state index in [9.17, 15) is 5.26 Å². The number of nitrogens with zero attached hydrogens (tertiary/aromatic N) is 3. The Kier molecular flexibility index (Phi) is 8.88. The first-order valence-electron chi connectivity index (χ1n) is 21.6. The predicted molar refractivity (Wildman–Crippen MR) is 264 cm³/mol. The van der Waals surface area contributed by atoms with Crippen molar-refractivity contribution in [2.45, 2.75) is 0 Å². The van der Waals surface area contributed by atoms with E-state index in [1.807, 2.05) is 24.3 Å². The first-order chi connectivity index (χ1) is 31.7. The van der Waals surface area contributed by atoms with Crippen molar-refractivity contribution in [2.75, 3.05) is 0 Å². The van der Waals surface area contributed by atoms with Crippen molar-refractivity contribution >= 4 is 21.5 Å². The van der Waals surface area contributed by atoms with Gasteiger partial charge in [0.15, 0.2) is 5.82 Å². The molecule has 1 aliphatic rings. The summed E-state index contributed by atoms with van der Waals surface area (Å²) in [5, 5.41) is 15.5. The van der Waals surface area contributed by atoms with Crippen LogP contribution < -0.4 is 0 Å². The summed E-state index contributed by atoms with van der Waals surface area (Å²) in [5.41, 5.74) is 19.0. The summed E-state index contributed by atoms with van der Waals surface area (Å²) in [6.07, 6.45) is 0. The van der Waals surface area contributed by atoms with Gasteiger partial charge in [-0.25, -0.2) is 9.97 Å². The highest BCUT2D eigenvalue weighted by atomic mass is 14.9. The summed E-state index contributed by atoms with van der Waals surface area (Å²) in [5.74, 6) is 0.691. The van der Waals surface area contributed by atoms with Crippen LogP contribution in [0.1, 0.15) is 5.56 Å². The normalized spacial score (nSPS) is 11.4. The van der Waals surface area contributed by atoms with Gasteiger partial charge in [0.05, 0.1) is 23.0 Å². The third kappa shape index (κ3) is 6.37. The van der Waals surface area contributed by atoms with Crippen LogP contribution in [0.3, 0.4) is 0 Å². The maximum absolute atomic E-state index is 10.7. The van der Waals surface area contributed by atoms with E-state index in [1.54, 1.807) is 0 Å². The maximum atomic E-state index is 10.7. The van der Waals surface area contributed by atoms with Crippen molar-refractivity contribution in [3.8, 4) is 107 Å². The Bertz CT molecular complexity index is 3670. The molecular weight excluding hydrogens is 775 g/mol. The van der Waals surface area contributed by atoms with E-state index in [2.05, 4.69) is 206 Å². The van der Waals surface area contributed by atoms with Crippen LogP contribution in [0.4, 0.5) is 0 Å². The lowest BCUT2D eigenvalue weighted by Gasteiger charge is -2.15. The van der Waals surface area contributed by atoms with Crippen molar-refractivity contribution in [1.82, 2.24) is 9.97 Å². The van der Waals surface area contributed by atoms with Crippen LogP contribution in [0.5, 0.6) is 0 Å². The van der Waals surface area contributed by atoms with Gasteiger partial charge < -0.3 is 0 Å². The van der Waals surface area contributed by atoms with Crippen molar-refractivity contribution < 1.29 is 0 Å². The predicted octanol–water partition coefficient (Wildman–Crippen LogP) is 16.0. The topological polar surface area (TPSA) is 49.6 Å². The molecule has 0 saturated carbocycles. The standard InChI is InChI=1S/C61H37N3/c62-38-48-34-45(31-32-51(48)52-22-7-6-21-50(52)47-35-46-19-12-26-56-53-23-8-9-24-54(53)57(36-47)60(46)56)44-18-10-17-43(33-44)39-27-29-41(30-28-39)58-37-59(64-61(63-58)42-14-2-1-3-15-42)55-25-11-16-40-13-4-5-20-49(40)55/h1-37H. The van der Waals surface area contributed by atoms with E-state index >= 15 is 0 Å². The molecule has 11 aromatic rings. The lowest BCUT2D eigenvalue weighted by molar-refractivity contribution is 1.18. The van der Waals surface area contributed by atoms with Crippen LogP contribution in [0.15, 0.2) is 224 Å². The minimum atomic E-state index is 0.639. The smallest absolute Gasteiger partial charge is 0.160 e. The van der Waals surface area contributed by atoms with E-state index in [0.29, 0.717) is 11.4 Å². The molecule has 12 rings (SSSR count). The lowest BCUT2D eigenvalue weighted by atomic mass is 9.88. The number of hydrogen-bond acceptors (Lipinski definition) is 3. The van der Waals surface area contributed by atoms with E-state index in [1.165, 1.54) is 38.4 Å². The second kappa shape index (κ2) is 15.3. The number of nitriles is 1. The molecule has 1 aromatic heterocycles. The molecule has 1 aliphatic carbocycles. The number of fused-ring (bicyclic) bond motifs is 4. The minimum absolute atomic E-state index is 0.639. The zero-order valence-electron chi connectivity index (χ0n) is 34.7. The van der Waals surface area contributed by atoms with Gasteiger partial charge >= 0.3 is 0 Å². The zero-order valence-corrected chi connectivity index (χ0v) is 34.7. The fraction of sp³-hybridized carbons (Fsp3) is 0. The van der Waals surface area contributed by atoms with Crippen LogP contribution in [0.25, 0.3) is 122 Å². The summed E-state index contributed by atoms with van der Waals surface area (Å²) >= 11 is 0. The molecule has 3 heteroatoms. The quantitative estimate of drug-likeness (QED) is 0.161. The molecule has 0 N–H and O–H groups in total. The number of benzene rings is 10. The van der Waals surface area contributed by atoms with Crippen LogP contribution in [0, 0.1) is 11.3 Å². The second-order valence-corrected chi connectivity index (χ2v) is 16.4. The molecule has 3 nitrogen and oxygen atoms in total. The number of aromatic nitrogens is 2. The molecule has 0 aliphatic heterocycles. The molecule has 0 radical (unpaired) electrons. The Morgan fingerprint density at radius 3 is 1.64 bits per heavy atom. The van der Waals surface area contributed by atoms with Gasteiger partial charge in [0.25, 0.3) is 0 Å². The van der Waals surface area contributed by atoms with E-state index in [4.69, 9.17) is 9.97 Å². The van der Waals surface area contributed by atoms with Gasteiger partial charge in [0, 0.05) is 22.3 Å².